The number of rotatable bonds is 2. The van der Waals surface area contributed by atoms with Crippen LogP contribution in [0.15, 0.2) is 18.2 Å². The summed E-state index contributed by atoms with van der Waals surface area (Å²) in [5.74, 6) is -2.33. The number of nitrogens with two attached hydrogens (primary N) is 1. The van der Waals surface area contributed by atoms with Gasteiger partial charge in [0, 0.05) is 6.07 Å². The number of benzene rings is 1. The number of halogens is 2. The molecule has 18 heavy (non-hydrogen) atoms. The van der Waals surface area contributed by atoms with Crippen LogP contribution in [0.5, 0.6) is 0 Å². The first-order chi connectivity index (χ1) is 8.49. The van der Waals surface area contributed by atoms with Crippen LogP contribution in [-0.4, -0.2) is 16.1 Å². The normalized spacial score (nSPS) is 10.4. The van der Waals surface area contributed by atoms with Gasteiger partial charge in [0.05, 0.1) is 16.9 Å². The van der Waals surface area contributed by atoms with E-state index in [1.54, 1.807) is 6.92 Å². The predicted octanol–water partition coefficient (Wildman–Crippen LogP) is 1.83. The molecule has 0 aliphatic heterocycles. The predicted molar refractivity (Wildman–Crippen MR) is 62.0 cm³/mol. The standard InChI is InChI=1S/C11H10F2N4O/c1-5-9(14)10(17-16-5)15-11(18)7-3-2-6(12)4-8(7)13/h2-4H,14H2,1H3,(H2,15,16,17,18). The molecule has 0 bridgehead atoms. The van der Waals surface area contributed by atoms with Crippen molar-refractivity contribution < 1.29 is 13.6 Å². The molecule has 1 heterocycles. The maximum atomic E-state index is 13.3. The Morgan fingerprint density at radius 3 is 2.72 bits per heavy atom. The molecular weight excluding hydrogens is 242 g/mol. The van der Waals surface area contributed by atoms with E-state index in [0.29, 0.717) is 11.8 Å². The first-order valence-electron chi connectivity index (χ1n) is 5.06. The molecule has 0 atom stereocenters. The van der Waals surface area contributed by atoms with Gasteiger partial charge in [0.1, 0.15) is 11.6 Å². The van der Waals surface area contributed by atoms with E-state index in [0.717, 1.165) is 12.1 Å². The third kappa shape index (κ3) is 2.15. The number of amides is 1. The summed E-state index contributed by atoms with van der Waals surface area (Å²) in [7, 11) is 0. The van der Waals surface area contributed by atoms with Gasteiger partial charge in [-0.25, -0.2) is 8.78 Å². The number of nitrogens with zero attached hydrogens (tertiary/aromatic N) is 1. The molecule has 0 unspecified atom stereocenters. The fraction of sp³-hybridized carbons (Fsp3) is 0.0909. The van der Waals surface area contributed by atoms with E-state index in [-0.39, 0.29) is 17.1 Å². The van der Waals surface area contributed by atoms with Crippen molar-refractivity contribution in [2.75, 3.05) is 11.1 Å². The summed E-state index contributed by atoms with van der Waals surface area (Å²) in [6.45, 7) is 1.68. The molecule has 0 saturated carbocycles. The summed E-state index contributed by atoms with van der Waals surface area (Å²) in [5, 5.41) is 8.66. The number of H-pyrrole nitrogens is 1. The SMILES string of the molecule is Cc1[nH]nc(NC(=O)c2ccc(F)cc2F)c1N. The molecule has 0 saturated heterocycles. The summed E-state index contributed by atoms with van der Waals surface area (Å²) < 4.78 is 26.0. The zero-order valence-electron chi connectivity index (χ0n) is 9.42. The Labute approximate surface area is 101 Å². The second kappa shape index (κ2) is 4.44. The van der Waals surface area contributed by atoms with Gasteiger partial charge in [-0.3, -0.25) is 9.89 Å². The number of nitrogen functional groups attached to an aromatic ring is 1. The molecule has 2 aromatic rings. The Balaban J connectivity index is 2.25. The smallest absolute Gasteiger partial charge is 0.259 e. The van der Waals surface area contributed by atoms with Crippen molar-refractivity contribution in [1.82, 2.24) is 10.2 Å². The van der Waals surface area contributed by atoms with Gasteiger partial charge in [-0.1, -0.05) is 0 Å². The highest BCUT2D eigenvalue weighted by molar-refractivity contribution is 6.05. The summed E-state index contributed by atoms with van der Waals surface area (Å²) in [6.07, 6.45) is 0. The van der Waals surface area contributed by atoms with Crippen molar-refractivity contribution in [3.05, 3.63) is 41.1 Å². The molecule has 1 aromatic heterocycles. The van der Waals surface area contributed by atoms with Gasteiger partial charge in [-0.15, -0.1) is 0 Å². The van der Waals surface area contributed by atoms with E-state index >= 15 is 0 Å². The van der Waals surface area contributed by atoms with E-state index in [1.165, 1.54) is 0 Å². The second-order valence-corrected chi connectivity index (χ2v) is 3.69. The van der Waals surface area contributed by atoms with Gasteiger partial charge in [-0.2, -0.15) is 5.10 Å². The van der Waals surface area contributed by atoms with E-state index in [4.69, 9.17) is 5.73 Å². The van der Waals surface area contributed by atoms with Crippen molar-refractivity contribution in [2.24, 2.45) is 0 Å². The van der Waals surface area contributed by atoms with E-state index < -0.39 is 17.5 Å². The van der Waals surface area contributed by atoms with Crippen molar-refractivity contribution in [2.45, 2.75) is 6.92 Å². The Bertz CT molecular complexity index is 609. The van der Waals surface area contributed by atoms with Crippen LogP contribution >= 0.6 is 0 Å². The first kappa shape index (κ1) is 12.0. The van der Waals surface area contributed by atoms with Crippen LogP contribution in [0, 0.1) is 18.6 Å². The Hall–Kier alpha value is -2.44. The molecule has 1 amide bonds. The van der Waals surface area contributed by atoms with Crippen molar-refractivity contribution >= 4 is 17.4 Å². The quantitative estimate of drug-likeness (QED) is 0.762. The topological polar surface area (TPSA) is 83.8 Å². The van der Waals surface area contributed by atoms with Crippen LogP contribution in [0.4, 0.5) is 20.3 Å². The van der Waals surface area contributed by atoms with E-state index in [1.807, 2.05) is 0 Å². The molecule has 0 radical (unpaired) electrons. The van der Waals surface area contributed by atoms with Gasteiger partial charge in [-0.05, 0) is 19.1 Å². The molecule has 0 aliphatic carbocycles. The van der Waals surface area contributed by atoms with Crippen LogP contribution in [-0.2, 0) is 0 Å². The lowest BCUT2D eigenvalue weighted by Crippen LogP contribution is -2.15. The minimum absolute atomic E-state index is 0.112. The van der Waals surface area contributed by atoms with E-state index in [2.05, 4.69) is 15.5 Å². The average molecular weight is 252 g/mol. The van der Waals surface area contributed by atoms with Crippen LogP contribution in [0.25, 0.3) is 0 Å². The van der Waals surface area contributed by atoms with Crippen LogP contribution in [0.2, 0.25) is 0 Å². The highest BCUT2D eigenvalue weighted by Crippen LogP contribution is 2.19. The lowest BCUT2D eigenvalue weighted by Gasteiger charge is -2.04. The van der Waals surface area contributed by atoms with Crippen molar-refractivity contribution in [3.8, 4) is 0 Å². The molecule has 0 fully saturated rings. The number of hydrogen-bond acceptors (Lipinski definition) is 3. The average Bonchev–Trinajstić information content (AvgIpc) is 2.61. The third-order valence-electron chi connectivity index (χ3n) is 2.40. The van der Waals surface area contributed by atoms with Crippen molar-refractivity contribution in [3.63, 3.8) is 0 Å². The van der Waals surface area contributed by atoms with Crippen LogP contribution < -0.4 is 11.1 Å². The lowest BCUT2D eigenvalue weighted by molar-refractivity contribution is 0.102. The fourth-order valence-electron chi connectivity index (χ4n) is 1.38. The second-order valence-electron chi connectivity index (χ2n) is 3.69. The Morgan fingerprint density at radius 2 is 2.17 bits per heavy atom. The monoisotopic (exact) mass is 252 g/mol. The van der Waals surface area contributed by atoms with Gasteiger partial charge < -0.3 is 11.1 Å². The summed E-state index contributed by atoms with van der Waals surface area (Å²) >= 11 is 0. The third-order valence-corrected chi connectivity index (χ3v) is 2.40. The Kier molecular flexibility index (Phi) is 2.97. The summed E-state index contributed by atoms with van der Waals surface area (Å²) in [5.41, 5.74) is 6.21. The molecule has 7 heteroatoms. The lowest BCUT2D eigenvalue weighted by atomic mass is 10.2. The summed E-state index contributed by atoms with van der Waals surface area (Å²) in [6, 6.07) is 2.68. The van der Waals surface area contributed by atoms with Crippen LogP contribution in [0.1, 0.15) is 16.1 Å². The number of aryl methyl sites for hydroxylation is 1. The van der Waals surface area contributed by atoms with Gasteiger partial charge in [0.25, 0.3) is 5.91 Å². The number of aromatic nitrogens is 2. The molecule has 5 nitrogen and oxygen atoms in total. The molecule has 2 rings (SSSR count). The van der Waals surface area contributed by atoms with E-state index in [9.17, 15) is 13.6 Å². The zero-order valence-corrected chi connectivity index (χ0v) is 9.42. The molecule has 4 N–H and O–H groups in total. The van der Waals surface area contributed by atoms with Gasteiger partial charge >= 0.3 is 0 Å². The number of carbonyl (C=O) groups is 1. The molecule has 0 aliphatic rings. The number of aromatic amines is 1. The highest BCUT2D eigenvalue weighted by atomic mass is 19.1. The molecule has 0 spiro atoms. The maximum Gasteiger partial charge on any atom is 0.259 e. The minimum atomic E-state index is -0.946. The Morgan fingerprint density at radius 1 is 1.44 bits per heavy atom. The number of carbonyl (C=O) groups excluding carboxylic acids is 1. The van der Waals surface area contributed by atoms with Crippen LogP contribution in [0.3, 0.4) is 0 Å². The molecule has 94 valence electrons. The van der Waals surface area contributed by atoms with Gasteiger partial charge in [0.2, 0.25) is 0 Å². The number of hydrogen-bond donors (Lipinski definition) is 3. The summed E-state index contributed by atoms with van der Waals surface area (Å²) in [4.78, 5) is 11.7. The zero-order chi connectivity index (χ0) is 13.3. The highest BCUT2D eigenvalue weighted by Gasteiger charge is 2.15. The molecular formula is C11H10F2N4O. The first-order valence-corrected chi connectivity index (χ1v) is 5.06. The largest absolute Gasteiger partial charge is 0.394 e. The maximum absolute atomic E-state index is 13.3. The van der Waals surface area contributed by atoms with Gasteiger partial charge in [0.15, 0.2) is 5.82 Å². The fourth-order valence-corrected chi connectivity index (χ4v) is 1.38. The number of nitrogens with one attached hydrogen (secondary N) is 2. The minimum Gasteiger partial charge on any atom is -0.394 e. The van der Waals surface area contributed by atoms with Crippen molar-refractivity contribution in [1.29, 1.82) is 0 Å². The number of anilines is 2. The molecule has 1 aromatic carbocycles.